The van der Waals surface area contributed by atoms with E-state index in [-0.39, 0.29) is 0 Å². The van der Waals surface area contributed by atoms with Crippen molar-refractivity contribution >= 4 is 38.9 Å². The maximum Gasteiger partial charge on any atom is 0.0538 e. The molecule has 2 heteroatoms. The van der Waals surface area contributed by atoms with Gasteiger partial charge in [-0.2, -0.15) is 0 Å². The number of nitrogens with zero attached hydrogens (tertiary/aromatic N) is 1. The van der Waals surface area contributed by atoms with E-state index in [1.54, 1.807) is 0 Å². The zero-order chi connectivity index (χ0) is 26.0. The molecule has 1 aliphatic carbocycles. The second kappa shape index (κ2) is 10.00. The Bertz CT molecular complexity index is 1870. The minimum Gasteiger partial charge on any atom is -0.356 e. The van der Waals surface area contributed by atoms with Gasteiger partial charge in [-0.3, -0.25) is 0 Å². The molecular weight excluding hydrogens is 472 g/mol. The van der Waals surface area contributed by atoms with Gasteiger partial charge in [0.15, 0.2) is 0 Å². The standard InChI is InChI=1S/C37H28N2/c1-2-7-13-33(12-6-1)39-36-15-9-8-14-34(36)35-26-30(20-25-37(35)39)29-18-23-32(24-19-29)38-31-21-16-28(17-22-31)27-10-4-3-5-11-27/h1-12,14-26,38H,13H2. The summed E-state index contributed by atoms with van der Waals surface area (Å²) in [6.07, 6.45) is 11.7. The SMILES string of the molecule is C1=CC=C(n2c3ccccc3c3cc(-c4ccc(Nc5ccc(-c6ccccc6)cc5)cc4)ccc32)CC=C1. The van der Waals surface area contributed by atoms with Crippen LogP contribution in [0.15, 0.2) is 152 Å². The van der Waals surface area contributed by atoms with Crippen LogP contribution < -0.4 is 5.32 Å². The Morgan fingerprint density at radius 2 is 1.10 bits per heavy atom. The maximum atomic E-state index is 3.54. The molecule has 2 nitrogen and oxygen atoms in total. The number of anilines is 2. The van der Waals surface area contributed by atoms with Gasteiger partial charge in [-0.15, -0.1) is 0 Å². The molecule has 1 aliphatic rings. The number of fused-ring (bicyclic) bond motifs is 3. The van der Waals surface area contributed by atoms with Crippen molar-refractivity contribution in [1.29, 1.82) is 0 Å². The molecule has 0 amide bonds. The van der Waals surface area contributed by atoms with Gasteiger partial charge in [0.25, 0.3) is 0 Å². The van der Waals surface area contributed by atoms with Gasteiger partial charge in [-0.05, 0) is 70.8 Å². The molecule has 0 saturated carbocycles. The van der Waals surface area contributed by atoms with E-state index < -0.39 is 0 Å². The van der Waals surface area contributed by atoms with E-state index in [9.17, 15) is 0 Å². The van der Waals surface area contributed by atoms with Crippen molar-refractivity contribution in [1.82, 2.24) is 4.57 Å². The van der Waals surface area contributed by atoms with Crippen LogP contribution in [0.25, 0.3) is 49.8 Å². The largest absolute Gasteiger partial charge is 0.356 e. The Labute approximate surface area is 228 Å². The number of hydrogen-bond donors (Lipinski definition) is 1. The molecule has 0 radical (unpaired) electrons. The average Bonchev–Trinajstić information content (AvgIpc) is 3.11. The topological polar surface area (TPSA) is 17.0 Å². The first-order chi connectivity index (χ1) is 19.3. The maximum absolute atomic E-state index is 3.54. The minimum atomic E-state index is 0.909. The molecule has 7 rings (SSSR count). The first-order valence-corrected chi connectivity index (χ1v) is 13.4. The molecule has 0 aliphatic heterocycles. The van der Waals surface area contributed by atoms with Gasteiger partial charge >= 0.3 is 0 Å². The lowest BCUT2D eigenvalue weighted by molar-refractivity contribution is 1.14. The smallest absolute Gasteiger partial charge is 0.0538 e. The van der Waals surface area contributed by atoms with Gasteiger partial charge in [0.1, 0.15) is 0 Å². The van der Waals surface area contributed by atoms with Crippen LogP contribution in [0.2, 0.25) is 0 Å². The first-order valence-electron chi connectivity index (χ1n) is 13.4. The summed E-state index contributed by atoms with van der Waals surface area (Å²) in [5.41, 5.74) is 10.8. The van der Waals surface area contributed by atoms with Crippen LogP contribution in [-0.2, 0) is 0 Å². The second-order valence-corrected chi connectivity index (χ2v) is 9.91. The fraction of sp³-hybridized carbons (Fsp3) is 0.0270. The molecule has 39 heavy (non-hydrogen) atoms. The van der Waals surface area contributed by atoms with Gasteiger partial charge < -0.3 is 9.88 Å². The third kappa shape index (κ3) is 4.47. The first kappa shape index (κ1) is 23.1. The van der Waals surface area contributed by atoms with Crippen LogP contribution in [0.1, 0.15) is 6.42 Å². The van der Waals surface area contributed by atoms with Crippen molar-refractivity contribution in [2.24, 2.45) is 0 Å². The van der Waals surface area contributed by atoms with E-state index in [0.29, 0.717) is 0 Å². The lowest BCUT2D eigenvalue weighted by Crippen LogP contribution is -1.95. The van der Waals surface area contributed by atoms with Crippen LogP contribution in [0, 0.1) is 0 Å². The number of benzene rings is 5. The molecule has 5 aromatic carbocycles. The van der Waals surface area contributed by atoms with Gasteiger partial charge in [0.2, 0.25) is 0 Å². The minimum absolute atomic E-state index is 0.909. The summed E-state index contributed by atoms with van der Waals surface area (Å²) in [6.45, 7) is 0. The fourth-order valence-corrected chi connectivity index (χ4v) is 5.48. The third-order valence-electron chi connectivity index (χ3n) is 7.43. The highest BCUT2D eigenvalue weighted by atomic mass is 15.0. The van der Waals surface area contributed by atoms with Gasteiger partial charge in [0.05, 0.1) is 11.0 Å². The number of nitrogens with one attached hydrogen (secondary N) is 1. The predicted molar refractivity (Wildman–Crippen MR) is 167 cm³/mol. The molecule has 0 spiro atoms. The Hall–Kier alpha value is -5.08. The van der Waals surface area contributed by atoms with Crippen LogP contribution >= 0.6 is 0 Å². The van der Waals surface area contributed by atoms with Crippen molar-refractivity contribution in [2.45, 2.75) is 6.42 Å². The molecular formula is C37H28N2. The van der Waals surface area contributed by atoms with Gasteiger partial charge in [-0.1, -0.05) is 103 Å². The van der Waals surface area contributed by atoms with Crippen LogP contribution in [0.4, 0.5) is 11.4 Å². The summed E-state index contributed by atoms with van der Waals surface area (Å²) >= 11 is 0. The summed E-state index contributed by atoms with van der Waals surface area (Å²) in [6, 6.07) is 43.3. The third-order valence-corrected chi connectivity index (χ3v) is 7.43. The Morgan fingerprint density at radius 3 is 1.87 bits per heavy atom. The van der Waals surface area contributed by atoms with E-state index in [2.05, 4.69) is 156 Å². The molecule has 0 saturated heterocycles. The molecule has 0 unspecified atom stereocenters. The van der Waals surface area contributed by atoms with Crippen molar-refractivity contribution in [3.63, 3.8) is 0 Å². The van der Waals surface area contributed by atoms with Crippen molar-refractivity contribution in [3.05, 3.63) is 152 Å². The van der Waals surface area contributed by atoms with E-state index in [1.165, 1.54) is 49.8 Å². The van der Waals surface area contributed by atoms with E-state index in [1.807, 2.05) is 6.07 Å². The molecule has 1 heterocycles. The summed E-state index contributed by atoms with van der Waals surface area (Å²) < 4.78 is 2.41. The number of aromatic nitrogens is 1. The molecule has 0 atom stereocenters. The normalized spacial score (nSPS) is 13.0. The van der Waals surface area contributed by atoms with Crippen LogP contribution in [0.5, 0.6) is 0 Å². The van der Waals surface area contributed by atoms with E-state index in [4.69, 9.17) is 0 Å². The van der Waals surface area contributed by atoms with E-state index in [0.717, 1.165) is 17.8 Å². The zero-order valence-electron chi connectivity index (χ0n) is 21.6. The Kier molecular flexibility index (Phi) is 5.91. The molecule has 0 fully saturated rings. The molecule has 1 aromatic heterocycles. The van der Waals surface area contributed by atoms with E-state index >= 15 is 0 Å². The monoisotopic (exact) mass is 500 g/mol. The number of rotatable bonds is 5. The summed E-state index contributed by atoms with van der Waals surface area (Å²) in [5.74, 6) is 0. The lowest BCUT2D eigenvalue weighted by Gasteiger charge is -2.11. The average molecular weight is 501 g/mol. The molecule has 186 valence electrons. The van der Waals surface area contributed by atoms with Gasteiger partial charge in [0, 0.05) is 34.3 Å². The second-order valence-electron chi connectivity index (χ2n) is 9.91. The van der Waals surface area contributed by atoms with Crippen molar-refractivity contribution in [2.75, 3.05) is 5.32 Å². The molecule has 0 bridgehead atoms. The summed E-state index contributed by atoms with van der Waals surface area (Å²) in [4.78, 5) is 0. The zero-order valence-corrected chi connectivity index (χ0v) is 21.6. The lowest BCUT2D eigenvalue weighted by atomic mass is 10.0. The predicted octanol–water partition coefficient (Wildman–Crippen LogP) is 10.2. The highest BCUT2D eigenvalue weighted by Crippen LogP contribution is 2.36. The van der Waals surface area contributed by atoms with Gasteiger partial charge in [-0.25, -0.2) is 0 Å². The van der Waals surface area contributed by atoms with Crippen molar-refractivity contribution in [3.8, 4) is 22.3 Å². The summed E-state index contributed by atoms with van der Waals surface area (Å²) in [5, 5.41) is 6.10. The number of hydrogen-bond acceptors (Lipinski definition) is 1. The van der Waals surface area contributed by atoms with Crippen molar-refractivity contribution < 1.29 is 0 Å². The quantitative estimate of drug-likeness (QED) is 0.249. The van der Waals surface area contributed by atoms with Crippen LogP contribution in [-0.4, -0.2) is 4.57 Å². The summed E-state index contributed by atoms with van der Waals surface area (Å²) in [7, 11) is 0. The van der Waals surface area contributed by atoms with Crippen LogP contribution in [0.3, 0.4) is 0 Å². The Balaban J connectivity index is 1.18. The Morgan fingerprint density at radius 1 is 0.487 bits per heavy atom. The molecule has 6 aromatic rings. The number of para-hydroxylation sites is 1. The number of allylic oxidation sites excluding steroid dienone is 6. The molecule has 1 N–H and O–H groups in total. The highest BCUT2D eigenvalue weighted by molar-refractivity contribution is 6.11. The highest BCUT2D eigenvalue weighted by Gasteiger charge is 2.14. The fourth-order valence-electron chi connectivity index (χ4n) is 5.48.